The van der Waals surface area contributed by atoms with E-state index in [-0.39, 0.29) is 119 Å². The molecule has 0 atom stereocenters. The molecule has 0 amide bonds. The second-order valence-electron chi connectivity index (χ2n) is 37.2. The van der Waals surface area contributed by atoms with E-state index in [1.54, 1.807) is 43.2 Å². The molecular formula is C100H103F9N24Pt3. The number of pyridine rings is 6. The molecule has 5 aromatic carbocycles. The summed E-state index contributed by atoms with van der Waals surface area (Å²) in [6.07, 6.45) is -3.65. The molecule has 12 heterocycles. The summed E-state index contributed by atoms with van der Waals surface area (Å²) < 4.78 is 115. The van der Waals surface area contributed by atoms with E-state index >= 15 is 0 Å². The summed E-state index contributed by atoms with van der Waals surface area (Å²) in [7, 11) is 0. The maximum Gasteiger partial charge on any atom is 2.00 e. The number of aromatic nitrogens is 24. The number of nitrogens with zero attached hydrogens (tertiary/aromatic N) is 24. The molecule has 0 bridgehead atoms. The minimum atomic E-state index is -4.65. The molecule has 0 radical (unpaired) electrons. The van der Waals surface area contributed by atoms with Crippen LogP contribution in [0.5, 0.6) is 0 Å². The SMILES string of the molecule is CC(C)(C)c1ccc2cnc(-c3nc(C(F)(F)F)n[n-]3)cc2c1.CC(C)c1cccc(C(C)C)c1-c1ccc2c(-c3nc(C(F)(F)F)n[n-]3)nccc2c1.CC(C)c1cccc(C(C)C)c1-c1cnc(-c2nc(C(F)(F)F)n[n-]2)c2ccccc12.Cc1n[n-]c(-c2cc(C(C)(C)C)ccn2)n1.Cc1n[n-]c(-c2cc(C(C)(C)C)ccn2)n1.Cc1n[n-]c(-c2cc(C(C)(C)C)ccn2)n1.[Pt+2].[Pt+2].[Pt+2]. The van der Waals surface area contributed by atoms with Crippen LogP contribution in [0.2, 0.25) is 0 Å². The van der Waals surface area contributed by atoms with Gasteiger partial charge in [0.05, 0.1) is 34.2 Å². The van der Waals surface area contributed by atoms with Gasteiger partial charge in [0.2, 0.25) is 0 Å². The molecule has 17 rings (SSSR count). The number of aryl methyl sites for hydroxylation is 3. The van der Waals surface area contributed by atoms with Crippen LogP contribution in [0.4, 0.5) is 39.5 Å². The Morgan fingerprint density at radius 1 is 0.272 bits per heavy atom. The van der Waals surface area contributed by atoms with Gasteiger partial charge in [-0.3, -0.25) is 60.5 Å². The number of hydrogen-bond donors (Lipinski definition) is 0. The molecule has 17 aromatic rings. The first-order valence-electron chi connectivity index (χ1n) is 43.1. The Bertz CT molecular complexity index is 6620. The molecule has 0 fully saturated rings. The zero-order valence-electron chi connectivity index (χ0n) is 79.2. The van der Waals surface area contributed by atoms with Crippen LogP contribution in [-0.4, -0.2) is 90.4 Å². The van der Waals surface area contributed by atoms with Crippen molar-refractivity contribution in [2.24, 2.45) is 0 Å². The Balaban J connectivity index is 0.000000186. The van der Waals surface area contributed by atoms with Crippen molar-refractivity contribution in [1.82, 2.24) is 121 Å². The maximum atomic E-state index is 13.0. The van der Waals surface area contributed by atoms with Gasteiger partial charge in [-0.15, -0.1) is 0 Å². The van der Waals surface area contributed by atoms with E-state index in [1.807, 2.05) is 118 Å². The Kier molecular flexibility index (Phi) is 34.9. The molecule has 36 heteroatoms. The first-order chi connectivity index (χ1) is 62.4. The fourth-order valence-corrected chi connectivity index (χ4v) is 14.3. The zero-order valence-corrected chi connectivity index (χ0v) is 86.0. The van der Waals surface area contributed by atoms with Crippen molar-refractivity contribution in [3.8, 4) is 91.4 Å². The first kappa shape index (κ1) is 108. The third-order valence-corrected chi connectivity index (χ3v) is 21.5. The molecule has 0 N–H and O–H groups in total. The second kappa shape index (κ2) is 44.0. The Labute approximate surface area is 826 Å². The maximum absolute atomic E-state index is 13.0. The van der Waals surface area contributed by atoms with Crippen LogP contribution in [0.3, 0.4) is 0 Å². The van der Waals surface area contributed by atoms with Crippen molar-refractivity contribution in [2.45, 2.75) is 223 Å². The molecule has 136 heavy (non-hydrogen) atoms. The molecule has 24 nitrogen and oxygen atoms in total. The van der Waals surface area contributed by atoms with Crippen molar-refractivity contribution < 1.29 is 103 Å². The van der Waals surface area contributed by atoms with Crippen molar-refractivity contribution in [1.29, 1.82) is 0 Å². The average molecular weight is 2400 g/mol. The van der Waals surface area contributed by atoms with Crippen LogP contribution in [0.1, 0.15) is 242 Å². The van der Waals surface area contributed by atoms with Gasteiger partial charge >= 0.3 is 81.7 Å². The van der Waals surface area contributed by atoms with Crippen LogP contribution < -0.4 is 30.6 Å². The zero-order chi connectivity index (χ0) is 96.8. The van der Waals surface area contributed by atoms with E-state index in [4.69, 9.17) is 0 Å². The van der Waals surface area contributed by atoms with Crippen molar-refractivity contribution >= 4 is 32.3 Å². The van der Waals surface area contributed by atoms with Crippen LogP contribution in [0.25, 0.3) is 124 Å². The summed E-state index contributed by atoms with van der Waals surface area (Å²) in [5.74, 6) is 0.975. The smallest absolute Gasteiger partial charge is 0.421 e. The minimum Gasteiger partial charge on any atom is -0.421 e. The third kappa shape index (κ3) is 26.7. The van der Waals surface area contributed by atoms with E-state index < -0.39 is 36.0 Å². The molecule has 0 saturated heterocycles. The number of hydrogen-bond acceptors (Lipinski definition) is 18. The summed E-state index contributed by atoms with van der Waals surface area (Å²) in [6.45, 7) is 48.5. The number of halogens is 9. The van der Waals surface area contributed by atoms with Gasteiger partial charge in [-0.2, -0.15) is 39.5 Å². The van der Waals surface area contributed by atoms with Crippen LogP contribution in [-0.2, 0) is 103 Å². The van der Waals surface area contributed by atoms with E-state index in [9.17, 15) is 39.5 Å². The van der Waals surface area contributed by atoms with Gasteiger partial charge in [-0.1, -0.05) is 229 Å². The molecule has 0 unspecified atom stereocenters. The standard InChI is InChI=1S/2C24H22F3N4.C16H14F3N4.3C12H15N4.3Pt/c1-13(2)15-10-7-11-16(14(3)4)20(15)19-12-28-21(18-9-6-5-8-17(18)19)22-29-23(31-30-22)24(25,26)27;1-13(2)17-6-5-7-18(14(3)4)20(17)16-8-9-19-15(12-16)10-11-28-21(19)22-29-23(31-30-22)24(25,26)27;1-15(2,3)11-5-4-9-8-20-12(7-10(9)6-11)13-21-14(23-22-13)16(17,18)19;3*1-8-14-11(16-15-8)10-7-9(5-6-13-10)12(2,3)4;;;/h2*5-14H,1-4H3;4-8H,1-3H3;3*5-7H,1-4H3;;;/q6*-1;3*+2. The van der Waals surface area contributed by atoms with Gasteiger partial charge in [-0.05, 0) is 233 Å². The van der Waals surface area contributed by atoms with Gasteiger partial charge in [0.25, 0.3) is 0 Å². The first-order valence-corrected chi connectivity index (χ1v) is 43.1. The second-order valence-corrected chi connectivity index (χ2v) is 37.2. The Morgan fingerprint density at radius 3 is 0.993 bits per heavy atom. The van der Waals surface area contributed by atoms with E-state index in [0.29, 0.717) is 69.4 Å². The van der Waals surface area contributed by atoms with Crippen molar-refractivity contribution in [2.75, 3.05) is 0 Å². The van der Waals surface area contributed by atoms with E-state index in [0.717, 1.165) is 60.9 Å². The van der Waals surface area contributed by atoms with Crippen LogP contribution in [0, 0.1) is 20.8 Å². The Morgan fingerprint density at radius 2 is 0.618 bits per heavy atom. The van der Waals surface area contributed by atoms with E-state index in [1.165, 1.54) is 44.5 Å². The van der Waals surface area contributed by atoms with Gasteiger partial charge < -0.3 is 60.5 Å². The van der Waals surface area contributed by atoms with Crippen LogP contribution >= 0.6 is 0 Å². The third-order valence-electron chi connectivity index (χ3n) is 21.5. The van der Waals surface area contributed by atoms with Gasteiger partial charge in [0.1, 0.15) is 17.5 Å². The average Bonchev–Trinajstić information content (AvgIpc) is 0.843. The number of alkyl halides is 9. The van der Waals surface area contributed by atoms with Gasteiger partial charge in [-0.25, -0.2) is 0 Å². The van der Waals surface area contributed by atoms with Crippen molar-refractivity contribution in [3.05, 3.63) is 262 Å². The van der Waals surface area contributed by atoms with Crippen molar-refractivity contribution in [3.63, 3.8) is 0 Å². The topological polar surface area (TPSA) is 317 Å². The predicted octanol–water partition coefficient (Wildman–Crippen LogP) is 23.4. The number of benzene rings is 5. The fourth-order valence-electron chi connectivity index (χ4n) is 14.3. The molecule has 12 aromatic heterocycles. The normalized spacial score (nSPS) is 11.9. The van der Waals surface area contributed by atoms with Gasteiger partial charge in [0.15, 0.2) is 0 Å². The quantitative estimate of drug-likeness (QED) is 0.103. The summed E-state index contributed by atoms with van der Waals surface area (Å²) >= 11 is 0. The molecular weight excluding hydrogens is 2290 g/mol. The summed E-state index contributed by atoms with van der Waals surface area (Å²) in [5, 5.41) is 48.7. The molecule has 0 aliphatic carbocycles. The largest absolute Gasteiger partial charge is 2.00 e. The summed E-state index contributed by atoms with van der Waals surface area (Å²) in [6, 6.07) is 47.8. The number of fused-ring (bicyclic) bond motifs is 3. The summed E-state index contributed by atoms with van der Waals surface area (Å²) in [4.78, 5) is 48.9. The molecule has 0 aliphatic heterocycles. The molecule has 0 saturated carbocycles. The minimum absolute atomic E-state index is 0. The molecule has 716 valence electrons. The molecule has 0 aliphatic rings. The fraction of sp³-hybridized carbons (Fsp3) is 0.340. The number of rotatable bonds is 12. The predicted molar refractivity (Wildman–Crippen MR) is 495 cm³/mol. The van der Waals surface area contributed by atoms with E-state index in [2.05, 4.69) is 302 Å². The Hall–Kier alpha value is -11.9. The van der Waals surface area contributed by atoms with Crippen LogP contribution in [0.15, 0.2) is 183 Å². The monoisotopic (exact) mass is 2400 g/mol. The van der Waals surface area contributed by atoms with Gasteiger partial charge in [0, 0.05) is 76.4 Å². The molecule has 0 spiro atoms. The summed E-state index contributed by atoms with van der Waals surface area (Å²) in [5.41, 5.74) is 17.6.